The highest BCUT2D eigenvalue weighted by Crippen LogP contribution is 2.34. The van der Waals surface area contributed by atoms with E-state index < -0.39 is 0 Å². The van der Waals surface area contributed by atoms with E-state index in [1.165, 1.54) is 0 Å². The van der Waals surface area contributed by atoms with E-state index in [-0.39, 0.29) is 14.1 Å². The van der Waals surface area contributed by atoms with Gasteiger partial charge in [-0.25, -0.2) is 0 Å². The minimum atomic E-state index is 0.0219. The zero-order valence-electron chi connectivity index (χ0n) is 11.8. The maximum absolute atomic E-state index is 12.6. The lowest BCUT2D eigenvalue weighted by atomic mass is 10.2. The van der Waals surface area contributed by atoms with Gasteiger partial charge >= 0.3 is 0 Å². The fourth-order valence-electron chi connectivity index (χ4n) is 1.97. The van der Waals surface area contributed by atoms with Crippen LogP contribution in [0.15, 0.2) is 42.5 Å². The van der Waals surface area contributed by atoms with Crippen molar-refractivity contribution in [1.29, 1.82) is 0 Å². The molecule has 0 aliphatic carbocycles. The third-order valence-electron chi connectivity index (χ3n) is 3.05. The van der Waals surface area contributed by atoms with Crippen LogP contribution in [0.4, 0.5) is 0 Å². The van der Waals surface area contributed by atoms with E-state index in [0.717, 1.165) is 10.9 Å². The summed E-state index contributed by atoms with van der Waals surface area (Å²) in [5, 5.41) is 1.05. The Morgan fingerprint density at radius 2 is 1.55 bits per heavy atom. The first kappa shape index (κ1) is 14.5. The molecule has 0 saturated heterocycles. The summed E-state index contributed by atoms with van der Waals surface area (Å²) in [5.74, 6) is 1.10. The summed E-state index contributed by atoms with van der Waals surface area (Å²) < 4.78 is 10.6. The third-order valence-corrected chi connectivity index (χ3v) is 4.36. The molecule has 4 heteroatoms. The molecule has 0 aliphatic heterocycles. The van der Waals surface area contributed by atoms with E-state index in [0.29, 0.717) is 17.1 Å². The predicted octanol–water partition coefficient (Wildman–Crippen LogP) is 3.16. The zero-order chi connectivity index (χ0) is 14.5. The van der Waals surface area contributed by atoms with E-state index in [2.05, 4.69) is 0 Å². The molecule has 2 aromatic carbocycles. The Bertz CT molecular complexity index is 601. The van der Waals surface area contributed by atoms with Crippen LogP contribution in [0.1, 0.15) is 15.9 Å². The van der Waals surface area contributed by atoms with Gasteiger partial charge in [0, 0.05) is 0 Å². The van der Waals surface area contributed by atoms with Gasteiger partial charge in [-0.1, -0.05) is 30.3 Å². The molecule has 2 aromatic rings. The molecule has 20 heavy (non-hydrogen) atoms. The number of rotatable bonds is 5. The van der Waals surface area contributed by atoms with E-state index >= 15 is 0 Å². The van der Waals surface area contributed by atoms with E-state index in [1.807, 2.05) is 37.3 Å². The first-order chi connectivity index (χ1) is 9.67. The molecule has 0 fully saturated rings. The third kappa shape index (κ3) is 3.00. The van der Waals surface area contributed by atoms with Crippen LogP contribution >= 0.6 is 8.58 Å². The zero-order valence-corrected chi connectivity index (χ0v) is 12.8. The predicted molar refractivity (Wildman–Crippen MR) is 83.0 cm³/mol. The summed E-state index contributed by atoms with van der Waals surface area (Å²) in [7, 11) is 3.17. The van der Waals surface area contributed by atoms with E-state index in [9.17, 15) is 4.79 Å². The lowest BCUT2D eigenvalue weighted by Gasteiger charge is -2.12. The van der Waals surface area contributed by atoms with Gasteiger partial charge in [-0.15, -0.1) is 0 Å². The minimum absolute atomic E-state index is 0.0219. The van der Waals surface area contributed by atoms with Gasteiger partial charge in [-0.3, -0.25) is 4.79 Å². The van der Waals surface area contributed by atoms with Gasteiger partial charge in [-0.2, -0.15) is 0 Å². The Morgan fingerprint density at radius 1 is 0.950 bits per heavy atom. The summed E-state index contributed by atoms with van der Waals surface area (Å²) in [5.41, 5.74) is 1.65. The average molecular weight is 288 g/mol. The van der Waals surface area contributed by atoms with Crippen LogP contribution in [0.3, 0.4) is 0 Å². The molecule has 0 heterocycles. The highest BCUT2D eigenvalue weighted by atomic mass is 31.1. The Labute approximate surface area is 120 Å². The van der Waals surface area contributed by atoms with Crippen LogP contribution in [0.2, 0.25) is 0 Å². The molecule has 3 nitrogen and oxygen atoms in total. The minimum Gasteiger partial charge on any atom is -0.496 e. The number of carbonyl (C=O) groups excluding carboxylic acids is 1. The van der Waals surface area contributed by atoms with Crippen LogP contribution in [-0.4, -0.2) is 19.7 Å². The topological polar surface area (TPSA) is 35.5 Å². The molecule has 1 atom stereocenters. The van der Waals surface area contributed by atoms with Crippen molar-refractivity contribution >= 4 is 19.4 Å². The summed E-state index contributed by atoms with van der Waals surface area (Å²) in [4.78, 5) is 12.6. The second-order valence-corrected chi connectivity index (χ2v) is 5.55. The maximum atomic E-state index is 12.6. The first-order valence-electron chi connectivity index (χ1n) is 6.25. The van der Waals surface area contributed by atoms with Gasteiger partial charge in [0.2, 0.25) is 0 Å². The fraction of sp³-hybridized carbons (Fsp3) is 0.188. The van der Waals surface area contributed by atoms with Gasteiger partial charge in [0.15, 0.2) is 5.52 Å². The van der Waals surface area contributed by atoms with Crippen LogP contribution in [0.25, 0.3) is 0 Å². The number of hydrogen-bond donors (Lipinski definition) is 0. The molecule has 0 aromatic heterocycles. The molecule has 0 aliphatic rings. The van der Waals surface area contributed by atoms with Crippen molar-refractivity contribution < 1.29 is 14.3 Å². The second kappa shape index (κ2) is 6.53. The standard InChI is InChI=1S/C16H17O3P/c1-11-7-4-5-10-14(11)20-16(17)15-12(18-2)8-6-9-13(15)19-3/h4-10,20H,1-3H3. The SMILES string of the molecule is COc1cccc(OC)c1C(=O)Pc1ccccc1C. The smallest absolute Gasteiger partial charge is 0.193 e. The number of hydrogen-bond acceptors (Lipinski definition) is 3. The molecule has 0 amide bonds. The normalized spacial score (nSPS) is 10.8. The summed E-state index contributed by atoms with van der Waals surface area (Å²) in [6.45, 7) is 2.01. The van der Waals surface area contributed by atoms with Gasteiger partial charge in [-0.05, 0) is 38.5 Å². The second-order valence-electron chi connectivity index (χ2n) is 4.31. The summed E-state index contributed by atoms with van der Waals surface area (Å²) in [6.07, 6.45) is 0. The van der Waals surface area contributed by atoms with Crippen LogP contribution in [0.5, 0.6) is 11.5 Å². The molecular formula is C16H17O3P. The Balaban J connectivity index is 2.36. The van der Waals surface area contributed by atoms with Crippen molar-refractivity contribution in [3.63, 3.8) is 0 Å². The highest BCUT2D eigenvalue weighted by molar-refractivity contribution is 7.66. The fourth-order valence-corrected chi connectivity index (χ4v) is 3.05. The lowest BCUT2D eigenvalue weighted by Crippen LogP contribution is -2.07. The van der Waals surface area contributed by atoms with Crippen molar-refractivity contribution in [3.05, 3.63) is 53.6 Å². The monoisotopic (exact) mass is 288 g/mol. The van der Waals surface area contributed by atoms with Gasteiger partial charge < -0.3 is 9.47 Å². The van der Waals surface area contributed by atoms with Crippen molar-refractivity contribution in [2.24, 2.45) is 0 Å². The Hall–Kier alpha value is -1.86. The molecule has 0 bridgehead atoms. The summed E-state index contributed by atoms with van der Waals surface area (Å²) >= 11 is 0. The highest BCUT2D eigenvalue weighted by Gasteiger charge is 2.18. The molecule has 0 spiro atoms. The Morgan fingerprint density at radius 3 is 2.10 bits per heavy atom. The maximum Gasteiger partial charge on any atom is 0.193 e. The average Bonchev–Trinajstić information content (AvgIpc) is 2.48. The van der Waals surface area contributed by atoms with E-state index in [4.69, 9.17) is 9.47 Å². The quantitative estimate of drug-likeness (QED) is 0.793. The molecule has 104 valence electrons. The van der Waals surface area contributed by atoms with Crippen molar-refractivity contribution in [3.8, 4) is 11.5 Å². The number of carbonyl (C=O) groups is 1. The number of methoxy groups -OCH3 is 2. The lowest BCUT2D eigenvalue weighted by molar-refractivity contribution is 0.108. The van der Waals surface area contributed by atoms with E-state index in [1.54, 1.807) is 26.4 Å². The summed E-state index contributed by atoms with van der Waals surface area (Å²) in [6, 6.07) is 13.3. The molecule has 0 saturated carbocycles. The van der Waals surface area contributed by atoms with Gasteiger partial charge in [0.25, 0.3) is 0 Å². The largest absolute Gasteiger partial charge is 0.496 e. The number of aryl methyl sites for hydroxylation is 1. The number of benzene rings is 2. The van der Waals surface area contributed by atoms with Gasteiger partial charge in [0.05, 0.1) is 14.2 Å². The Kier molecular flexibility index (Phi) is 4.75. The molecular weight excluding hydrogens is 271 g/mol. The van der Waals surface area contributed by atoms with Crippen molar-refractivity contribution in [1.82, 2.24) is 0 Å². The van der Waals surface area contributed by atoms with Crippen LogP contribution in [0, 0.1) is 6.92 Å². The molecule has 0 N–H and O–H groups in total. The van der Waals surface area contributed by atoms with Gasteiger partial charge in [0.1, 0.15) is 17.1 Å². The van der Waals surface area contributed by atoms with Crippen LogP contribution in [-0.2, 0) is 0 Å². The first-order valence-corrected chi connectivity index (χ1v) is 7.25. The van der Waals surface area contributed by atoms with Crippen molar-refractivity contribution in [2.75, 3.05) is 14.2 Å². The molecule has 1 unspecified atom stereocenters. The van der Waals surface area contributed by atoms with Crippen molar-refractivity contribution in [2.45, 2.75) is 6.92 Å². The molecule has 0 radical (unpaired) electrons. The number of ether oxygens (including phenoxy) is 2. The van der Waals surface area contributed by atoms with Crippen LogP contribution < -0.4 is 14.8 Å². The molecule has 2 rings (SSSR count).